The zero-order valence-electron chi connectivity index (χ0n) is 24.0. The number of carbonyl (C=O) groups excluding carboxylic acids is 2. The summed E-state index contributed by atoms with van der Waals surface area (Å²) in [6.07, 6.45) is 1.11. The molecule has 0 spiro atoms. The number of anilines is 1. The number of aromatic nitrogens is 1. The number of hydrogen-bond acceptors (Lipinski definition) is 8. The minimum Gasteiger partial charge on any atom is -0.495 e. The van der Waals surface area contributed by atoms with E-state index < -0.39 is 48.7 Å². The molecule has 12 heteroatoms. The van der Waals surface area contributed by atoms with Crippen LogP contribution in [0.25, 0.3) is 0 Å². The van der Waals surface area contributed by atoms with Gasteiger partial charge in [-0.05, 0) is 84.7 Å². The number of alkyl carbamates (subject to hydrolysis) is 1. The number of ether oxygens (including phenoxy) is 2. The summed E-state index contributed by atoms with van der Waals surface area (Å²) in [6.45, 7) is 12.3. The van der Waals surface area contributed by atoms with Crippen LogP contribution in [0.5, 0.6) is 5.75 Å². The van der Waals surface area contributed by atoms with E-state index in [2.05, 4.69) is 20.0 Å². The van der Waals surface area contributed by atoms with Crippen molar-refractivity contribution < 1.29 is 27.7 Å². The summed E-state index contributed by atoms with van der Waals surface area (Å²) >= 11 is 0. The zero-order chi connectivity index (χ0) is 29.7. The first-order valence-electron chi connectivity index (χ1n) is 13.0. The van der Waals surface area contributed by atoms with Gasteiger partial charge in [-0.3, -0.25) is 15.1 Å². The van der Waals surface area contributed by atoms with Gasteiger partial charge >= 0.3 is 6.09 Å². The predicted octanol–water partition coefficient (Wildman–Crippen LogP) is 4.96. The molecule has 10 nitrogen and oxygen atoms in total. The minimum absolute atomic E-state index is 0.100. The van der Waals surface area contributed by atoms with Crippen molar-refractivity contribution in [1.29, 1.82) is 0 Å². The number of nitrogens with one attached hydrogen (secondary N) is 2. The van der Waals surface area contributed by atoms with Gasteiger partial charge in [0.25, 0.3) is 5.91 Å². The van der Waals surface area contributed by atoms with Crippen LogP contribution in [0, 0.1) is 12.7 Å². The molecule has 0 saturated heterocycles. The van der Waals surface area contributed by atoms with Crippen LogP contribution in [0.2, 0.25) is 0 Å². The lowest BCUT2D eigenvalue weighted by molar-refractivity contribution is 0.0560. The predicted molar refractivity (Wildman–Crippen MR) is 152 cm³/mol. The molecule has 2 amide bonds. The Morgan fingerprint density at radius 2 is 1.85 bits per heavy atom. The monoisotopic (exact) mass is 573 g/mol. The highest BCUT2D eigenvalue weighted by atomic mass is 32.2. The number of nitrogens with zero attached hydrogens (tertiary/aromatic N) is 3. The third-order valence-corrected chi connectivity index (χ3v) is 10.9. The number of aliphatic imine (C=N–C) groups is 1. The molecule has 0 unspecified atom stereocenters. The Morgan fingerprint density at radius 1 is 1.15 bits per heavy atom. The van der Waals surface area contributed by atoms with Gasteiger partial charge in [0.2, 0.25) is 0 Å². The Hall–Kier alpha value is -3.54. The van der Waals surface area contributed by atoms with Crippen LogP contribution in [-0.4, -0.2) is 56.3 Å². The van der Waals surface area contributed by atoms with Crippen molar-refractivity contribution >= 4 is 33.3 Å². The lowest BCUT2D eigenvalue weighted by atomic mass is 9.85. The van der Waals surface area contributed by atoms with Gasteiger partial charge in [-0.2, -0.15) is 0 Å². The van der Waals surface area contributed by atoms with Gasteiger partial charge in [0, 0.05) is 17.8 Å². The van der Waals surface area contributed by atoms with Crippen molar-refractivity contribution in [3.63, 3.8) is 0 Å². The summed E-state index contributed by atoms with van der Waals surface area (Å²) in [5.41, 5.74) is -0.908. The maximum Gasteiger partial charge on any atom is 0.413 e. The van der Waals surface area contributed by atoms with Crippen LogP contribution < -0.4 is 15.4 Å². The number of rotatable bonds is 4. The lowest BCUT2D eigenvalue weighted by Gasteiger charge is -2.45. The Bertz CT molecular complexity index is 1520. The minimum atomic E-state index is -3.03. The number of benzene rings is 1. The van der Waals surface area contributed by atoms with Gasteiger partial charge in [0.15, 0.2) is 0 Å². The molecule has 0 fully saturated rings. The number of hydrogen-bond donors (Lipinski definition) is 2. The van der Waals surface area contributed by atoms with Gasteiger partial charge in [0.05, 0.1) is 28.3 Å². The summed E-state index contributed by atoms with van der Waals surface area (Å²) in [5.74, 6) is -0.454. The van der Waals surface area contributed by atoms with Gasteiger partial charge in [-0.15, -0.1) is 0 Å². The normalized spacial score (nSPS) is 25.2. The smallest absolute Gasteiger partial charge is 0.413 e. The van der Waals surface area contributed by atoms with E-state index in [0.717, 1.165) is 0 Å². The number of carbonyl (C=O) groups is 2. The van der Waals surface area contributed by atoms with Crippen LogP contribution >= 0.6 is 0 Å². The van der Waals surface area contributed by atoms with Crippen LogP contribution in [0.4, 0.5) is 14.9 Å². The second-order valence-corrected chi connectivity index (χ2v) is 14.6. The molecule has 216 valence electrons. The quantitative estimate of drug-likeness (QED) is 0.532. The first-order chi connectivity index (χ1) is 18.5. The van der Waals surface area contributed by atoms with Gasteiger partial charge < -0.3 is 14.8 Å². The third kappa shape index (κ3) is 5.16. The van der Waals surface area contributed by atoms with E-state index in [0.29, 0.717) is 30.0 Å². The zero-order valence-corrected chi connectivity index (χ0v) is 24.9. The molecule has 2 aliphatic rings. The van der Waals surface area contributed by atoms with E-state index in [9.17, 15) is 13.8 Å². The van der Waals surface area contributed by atoms with E-state index in [4.69, 9.17) is 14.5 Å². The molecule has 0 saturated carbocycles. The average molecular weight is 574 g/mol. The summed E-state index contributed by atoms with van der Waals surface area (Å²) in [4.78, 5) is 34.8. The van der Waals surface area contributed by atoms with Crippen LogP contribution in [0.15, 0.2) is 39.8 Å². The van der Waals surface area contributed by atoms with E-state index in [1.165, 1.54) is 31.5 Å². The Morgan fingerprint density at radius 3 is 2.48 bits per heavy atom. The molecule has 0 bridgehead atoms. The Kier molecular flexibility index (Phi) is 7.46. The summed E-state index contributed by atoms with van der Waals surface area (Å²) in [5, 5.41) is 4.81. The molecule has 3 heterocycles. The molecule has 3 atom stereocenters. The molecular weight excluding hydrogens is 537 g/mol. The highest BCUT2D eigenvalue weighted by molar-refractivity contribution is 7.96. The standard InChI is InChI=1S/C28H36FN5O5S/c1-16-13-18(38-8)15-30-22(16)23(35)32-17-9-10-20(29)19(14-17)28(7)21-11-12-31-40(21,37)27(5,6)24(34-28)33-25(36)39-26(2,3)4/h9-10,13-15,21H,11-12H2,1-8H3,(H,32,35)(H,33,34,36)/t21-,28+,40+/m0/s1. The highest BCUT2D eigenvalue weighted by Gasteiger charge is 2.57. The first kappa shape index (κ1) is 29.4. The van der Waals surface area contributed by atoms with Crippen LogP contribution in [0.1, 0.15) is 69.6 Å². The van der Waals surface area contributed by atoms with Crippen molar-refractivity contribution in [2.24, 2.45) is 9.36 Å². The SMILES string of the molecule is COc1cnc(C(=O)Nc2ccc(F)c([C@@]3(C)N=C(NC(=O)OC(C)(C)C)C(C)(C)[S@@]4(=O)=NCC[C@@H]34)c2)c(C)c1. The fourth-order valence-electron chi connectivity index (χ4n) is 5.13. The molecule has 4 rings (SSSR count). The number of amides is 2. The summed E-state index contributed by atoms with van der Waals surface area (Å²) < 4.78 is 44.0. The fourth-order valence-corrected chi connectivity index (χ4v) is 8.32. The first-order valence-corrected chi connectivity index (χ1v) is 14.5. The summed E-state index contributed by atoms with van der Waals surface area (Å²) in [6, 6.07) is 5.84. The molecule has 0 aliphatic carbocycles. The Balaban J connectivity index is 1.77. The van der Waals surface area contributed by atoms with Crippen molar-refractivity contribution in [3.8, 4) is 5.75 Å². The number of fused-ring (bicyclic) bond motifs is 1. The number of methoxy groups -OCH3 is 1. The van der Waals surface area contributed by atoms with Gasteiger partial charge in [0.1, 0.15) is 39.0 Å². The number of pyridine rings is 1. The molecule has 2 N–H and O–H groups in total. The van der Waals surface area contributed by atoms with E-state index in [1.54, 1.807) is 54.5 Å². The number of amidine groups is 1. The second-order valence-electron chi connectivity index (χ2n) is 11.6. The van der Waals surface area contributed by atoms with Crippen LogP contribution in [-0.2, 0) is 20.0 Å². The number of aryl methyl sites for hydroxylation is 1. The van der Waals surface area contributed by atoms with Crippen molar-refractivity contribution in [3.05, 3.63) is 53.1 Å². The van der Waals surface area contributed by atoms with Gasteiger partial charge in [-0.1, -0.05) is 0 Å². The second kappa shape index (κ2) is 10.1. The van der Waals surface area contributed by atoms with Crippen molar-refractivity contribution in [2.45, 2.75) is 76.0 Å². The molecule has 2 aromatic rings. The highest BCUT2D eigenvalue weighted by Crippen LogP contribution is 2.48. The lowest BCUT2D eigenvalue weighted by Crippen LogP contribution is -2.60. The molecule has 2 aliphatic heterocycles. The maximum absolute atomic E-state index is 15.6. The molecule has 0 radical (unpaired) electrons. The number of halogens is 1. The molecule has 1 aromatic carbocycles. The third-order valence-electron chi connectivity index (χ3n) is 7.23. The Labute approximate surface area is 234 Å². The average Bonchev–Trinajstić information content (AvgIpc) is 3.27. The van der Waals surface area contributed by atoms with E-state index in [-0.39, 0.29) is 17.1 Å². The maximum atomic E-state index is 15.6. The molecular formula is C28H36FN5O5S. The van der Waals surface area contributed by atoms with Gasteiger partial charge in [-0.25, -0.2) is 22.7 Å². The van der Waals surface area contributed by atoms with E-state index in [1.807, 2.05) is 0 Å². The summed E-state index contributed by atoms with van der Waals surface area (Å²) in [7, 11) is -1.52. The molecule has 40 heavy (non-hydrogen) atoms. The topological polar surface area (TPSA) is 131 Å². The van der Waals surface area contributed by atoms with Crippen LogP contribution in [0.3, 0.4) is 0 Å². The van der Waals surface area contributed by atoms with E-state index >= 15 is 4.39 Å². The van der Waals surface area contributed by atoms with Crippen molar-refractivity contribution in [2.75, 3.05) is 19.0 Å². The molecule has 1 aromatic heterocycles. The van der Waals surface area contributed by atoms with Crippen molar-refractivity contribution in [1.82, 2.24) is 10.3 Å². The fraction of sp³-hybridized carbons (Fsp3) is 0.500. The largest absolute Gasteiger partial charge is 0.495 e.